The number of benzene rings is 1. The van der Waals surface area contributed by atoms with E-state index in [4.69, 9.17) is 11.6 Å². The first-order chi connectivity index (χ1) is 9.72. The molecule has 1 aromatic carbocycles. The van der Waals surface area contributed by atoms with Crippen LogP contribution in [0.25, 0.3) is 10.9 Å². The van der Waals surface area contributed by atoms with Crippen molar-refractivity contribution in [2.45, 2.75) is 25.7 Å². The maximum absolute atomic E-state index is 9.20. The van der Waals surface area contributed by atoms with Crippen LogP contribution in [0, 0.1) is 5.41 Å². The third kappa shape index (κ3) is 2.58. The van der Waals surface area contributed by atoms with Crippen molar-refractivity contribution in [3.05, 3.63) is 29.5 Å². The van der Waals surface area contributed by atoms with Gasteiger partial charge in [0.1, 0.15) is 12.1 Å². The Morgan fingerprint density at radius 2 is 2.15 bits per heavy atom. The maximum Gasteiger partial charge on any atom is 0.137 e. The fourth-order valence-corrected chi connectivity index (χ4v) is 3.04. The fourth-order valence-electron chi connectivity index (χ4n) is 2.87. The zero-order valence-electron chi connectivity index (χ0n) is 11.3. The summed E-state index contributed by atoms with van der Waals surface area (Å²) in [6, 6.07) is 5.64. The molecule has 0 spiro atoms. The van der Waals surface area contributed by atoms with Crippen LogP contribution in [0.1, 0.15) is 25.7 Å². The molecule has 2 aromatic rings. The Morgan fingerprint density at radius 1 is 1.30 bits per heavy atom. The lowest BCUT2D eigenvalue weighted by Crippen LogP contribution is -2.37. The Balaban J connectivity index is 1.80. The second-order valence-corrected chi connectivity index (χ2v) is 6.00. The van der Waals surface area contributed by atoms with E-state index in [0.717, 1.165) is 29.7 Å². The van der Waals surface area contributed by atoms with E-state index in [1.807, 2.05) is 18.2 Å². The molecule has 4 nitrogen and oxygen atoms in total. The number of halogens is 1. The van der Waals surface area contributed by atoms with Gasteiger partial charge in [0.05, 0.1) is 5.52 Å². The normalized spacial score (nSPS) is 16.9. The van der Waals surface area contributed by atoms with Crippen molar-refractivity contribution in [3.63, 3.8) is 0 Å². The number of aliphatic hydroxyl groups excluding tert-OH is 1. The minimum atomic E-state index is 0.235. The first-order valence-corrected chi connectivity index (χ1v) is 7.35. The number of nitrogens with one attached hydrogen (secondary N) is 1. The van der Waals surface area contributed by atoms with Crippen LogP contribution in [-0.4, -0.2) is 28.2 Å². The molecule has 0 aliphatic heterocycles. The number of fused-ring (bicyclic) bond motifs is 1. The van der Waals surface area contributed by atoms with E-state index in [1.165, 1.54) is 19.3 Å². The van der Waals surface area contributed by atoms with Gasteiger partial charge < -0.3 is 10.4 Å². The number of aliphatic hydroxyl groups is 1. The summed E-state index contributed by atoms with van der Waals surface area (Å²) in [7, 11) is 0. The van der Waals surface area contributed by atoms with Gasteiger partial charge in [-0.2, -0.15) is 0 Å². The van der Waals surface area contributed by atoms with Crippen molar-refractivity contribution < 1.29 is 5.11 Å². The molecule has 0 saturated heterocycles. The van der Waals surface area contributed by atoms with Crippen molar-refractivity contribution in [1.29, 1.82) is 0 Å². The van der Waals surface area contributed by atoms with Gasteiger partial charge in [-0.3, -0.25) is 0 Å². The highest BCUT2D eigenvalue weighted by Gasteiger charge is 2.36. The predicted octanol–water partition coefficient (Wildman–Crippen LogP) is 3.25. The molecule has 20 heavy (non-hydrogen) atoms. The number of hydrogen-bond acceptors (Lipinski definition) is 4. The summed E-state index contributed by atoms with van der Waals surface area (Å²) in [5.74, 6) is 0.843. The van der Waals surface area contributed by atoms with Crippen molar-refractivity contribution in [1.82, 2.24) is 9.97 Å². The largest absolute Gasteiger partial charge is 0.396 e. The first kappa shape index (κ1) is 13.6. The van der Waals surface area contributed by atoms with Gasteiger partial charge in [-0.15, -0.1) is 0 Å². The maximum atomic E-state index is 9.20. The molecular weight excluding hydrogens is 274 g/mol. The van der Waals surface area contributed by atoms with Crippen LogP contribution in [-0.2, 0) is 0 Å². The van der Waals surface area contributed by atoms with E-state index >= 15 is 0 Å². The van der Waals surface area contributed by atoms with Crippen LogP contribution in [0.2, 0.25) is 5.02 Å². The highest BCUT2D eigenvalue weighted by Crippen LogP contribution is 2.43. The number of hydrogen-bond donors (Lipinski definition) is 2. The molecule has 1 aromatic heterocycles. The summed E-state index contributed by atoms with van der Waals surface area (Å²) in [5.41, 5.74) is 1.08. The van der Waals surface area contributed by atoms with Crippen LogP contribution in [0.15, 0.2) is 24.5 Å². The van der Waals surface area contributed by atoms with Crippen molar-refractivity contribution in [2.24, 2.45) is 5.41 Å². The van der Waals surface area contributed by atoms with Gasteiger partial charge >= 0.3 is 0 Å². The van der Waals surface area contributed by atoms with E-state index in [2.05, 4.69) is 15.3 Å². The van der Waals surface area contributed by atoms with Crippen LogP contribution >= 0.6 is 11.6 Å². The molecule has 2 N–H and O–H groups in total. The summed E-state index contributed by atoms with van der Waals surface area (Å²) < 4.78 is 0. The standard InChI is InChI=1S/C15H18ClN3O/c16-11-2-3-12-13(8-11)18-10-19-14(12)17-9-15(6-7-20)4-1-5-15/h2-3,8,10,20H,1,4-7,9H2,(H,17,18,19). The zero-order chi connectivity index (χ0) is 14.0. The molecule has 0 amide bonds. The van der Waals surface area contributed by atoms with Gasteiger partial charge in [-0.25, -0.2) is 9.97 Å². The number of anilines is 1. The second-order valence-electron chi connectivity index (χ2n) is 5.56. The topological polar surface area (TPSA) is 58.0 Å². The van der Waals surface area contributed by atoms with Gasteiger partial charge in [0.2, 0.25) is 0 Å². The lowest BCUT2D eigenvalue weighted by Gasteiger charge is -2.42. The van der Waals surface area contributed by atoms with Gasteiger partial charge in [0.15, 0.2) is 0 Å². The third-order valence-electron chi connectivity index (χ3n) is 4.29. The van der Waals surface area contributed by atoms with Gasteiger partial charge in [-0.05, 0) is 42.9 Å². The van der Waals surface area contributed by atoms with Crippen LogP contribution < -0.4 is 5.32 Å². The molecule has 0 atom stereocenters. The van der Waals surface area contributed by atoms with Crippen molar-refractivity contribution >= 4 is 28.3 Å². The summed E-state index contributed by atoms with van der Waals surface area (Å²) >= 11 is 5.98. The quantitative estimate of drug-likeness (QED) is 0.888. The Morgan fingerprint density at radius 3 is 2.85 bits per heavy atom. The molecule has 3 rings (SSSR count). The summed E-state index contributed by atoms with van der Waals surface area (Å²) in [6.45, 7) is 1.10. The van der Waals surface area contributed by atoms with Gasteiger partial charge in [0.25, 0.3) is 0 Å². The molecule has 1 fully saturated rings. The lowest BCUT2D eigenvalue weighted by molar-refractivity contribution is 0.102. The molecular formula is C15H18ClN3O. The third-order valence-corrected chi connectivity index (χ3v) is 4.52. The Labute approximate surface area is 123 Å². The molecule has 106 valence electrons. The summed E-state index contributed by atoms with van der Waals surface area (Å²) in [5, 5.41) is 14.3. The highest BCUT2D eigenvalue weighted by molar-refractivity contribution is 6.31. The number of nitrogens with zero attached hydrogens (tertiary/aromatic N) is 2. The summed E-state index contributed by atoms with van der Waals surface area (Å²) in [4.78, 5) is 8.57. The molecule has 0 radical (unpaired) electrons. The van der Waals surface area contributed by atoms with Gasteiger partial charge in [-0.1, -0.05) is 18.0 Å². The minimum Gasteiger partial charge on any atom is -0.396 e. The Kier molecular flexibility index (Phi) is 3.76. The average molecular weight is 292 g/mol. The predicted molar refractivity (Wildman–Crippen MR) is 81.0 cm³/mol. The van der Waals surface area contributed by atoms with Crippen LogP contribution in [0.3, 0.4) is 0 Å². The molecule has 0 unspecified atom stereocenters. The monoisotopic (exact) mass is 291 g/mol. The number of rotatable bonds is 5. The van der Waals surface area contributed by atoms with Gasteiger partial charge in [0, 0.05) is 23.6 Å². The highest BCUT2D eigenvalue weighted by atomic mass is 35.5. The minimum absolute atomic E-state index is 0.235. The van der Waals surface area contributed by atoms with Crippen molar-refractivity contribution in [3.8, 4) is 0 Å². The average Bonchev–Trinajstić information content (AvgIpc) is 2.41. The van der Waals surface area contributed by atoms with Crippen molar-refractivity contribution in [2.75, 3.05) is 18.5 Å². The fraction of sp³-hybridized carbons (Fsp3) is 0.467. The lowest BCUT2D eigenvalue weighted by atomic mass is 9.67. The van der Waals surface area contributed by atoms with Crippen LogP contribution in [0.4, 0.5) is 5.82 Å². The first-order valence-electron chi connectivity index (χ1n) is 6.97. The van der Waals surface area contributed by atoms with Crippen LogP contribution in [0.5, 0.6) is 0 Å². The number of aromatic nitrogens is 2. The summed E-state index contributed by atoms with van der Waals surface area (Å²) in [6.07, 6.45) is 6.02. The molecule has 1 saturated carbocycles. The van der Waals surface area contributed by atoms with E-state index in [-0.39, 0.29) is 12.0 Å². The molecule has 1 heterocycles. The van der Waals surface area contributed by atoms with E-state index < -0.39 is 0 Å². The molecule has 1 aliphatic rings. The second kappa shape index (κ2) is 5.54. The van der Waals surface area contributed by atoms with E-state index in [0.29, 0.717) is 5.02 Å². The van der Waals surface area contributed by atoms with E-state index in [1.54, 1.807) is 6.33 Å². The molecule has 0 bridgehead atoms. The SMILES string of the molecule is OCCC1(CNc2ncnc3cc(Cl)ccc23)CCC1. The molecule has 1 aliphatic carbocycles. The Hall–Kier alpha value is -1.39. The van der Waals surface area contributed by atoms with E-state index in [9.17, 15) is 5.11 Å². The smallest absolute Gasteiger partial charge is 0.137 e. The zero-order valence-corrected chi connectivity index (χ0v) is 12.0. The molecule has 5 heteroatoms. The Bertz CT molecular complexity index is 613.